The Balaban J connectivity index is 1.94. The van der Waals surface area contributed by atoms with E-state index < -0.39 is 0 Å². The topological polar surface area (TPSA) is 58.6 Å². The molecule has 0 heterocycles. The van der Waals surface area contributed by atoms with Crippen LogP contribution in [-0.2, 0) is 16.0 Å². The number of nitrogens with one attached hydrogen (secondary N) is 1. The zero-order valence-electron chi connectivity index (χ0n) is 14.3. The molecule has 2 rings (SSSR count). The first-order chi connectivity index (χ1) is 12.0. The van der Waals surface area contributed by atoms with Crippen molar-refractivity contribution in [2.24, 2.45) is 0 Å². The van der Waals surface area contributed by atoms with E-state index in [0.717, 1.165) is 5.56 Å². The van der Waals surface area contributed by atoms with Gasteiger partial charge < -0.3 is 15.0 Å². The van der Waals surface area contributed by atoms with E-state index in [0.29, 0.717) is 23.0 Å². The van der Waals surface area contributed by atoms with Gasteiger partial charge in [-0.1, -0.05) is 29.8 Å². The summed E-state index contributed by atoms with van der Waals surface area (Å²) in [5.74, 6) is 0.300. The summed E-state index contributed by atoms with van der Waals surface area (Å²) in [7, 11) is 1.56. The van der Waals surface area contributed by atoms with Crippen molar-refractivity contribution in [2.45, 2.75) is 13.3 Å². The fourth-order valence-electron chi connectivity index (χ4n) is 2.34. The largest absolute Gasteiger partial charge is 0.497 e. The molecule has 2 aromatic rings. The second-order valence-corrected chi connectivity index (χ2v) is 5.93. The molecule has 0 aliphatic carbocycles. The van der Waals surface area contributed by atoms with Crippen LogP contribution in [0.3, 0.4) is 0 Å². The number of nitrogens with zero attached hydrogens (tertiary/aromatic N) is 1. The van der Waals surface area contributed by atoms with Crippen LogP contribution in [0.2, 0.25) is 5.02 Å². The lowest BCUT2D eigenvalue weighted by Crippen LogP contribution is -2.38. The van der Waals surface area contributed by atoms with Crippen LogP contribution in [0, 0.1) is 0 Å². The fourth-order valence-corrected chi connectivity index (χ4v) is 2.47. The number of methoxy groups -OCH3 is 1. The maximum atomic E-state index is 12.4. The normalized spacial score (nSPS) is 10.2. The zero-order chi connectivity index (χ0) is 18.2. The molecular weight excluding hydrogens is 340 g/mol. The molecule has 0 saturated heterocycles. The van der Waals surface area contributed by atoms with Gasteiger partial charge >= 0.3 is 0 Å². The standard InChI is InChI=1S/C19H21ClN2O3/c1-3-22(19(24)11-14-7-9-15(20)10-8-14)13-18(23)21-16-5-4-6-17(12-16)25-2/h4-10,12H,3,11,13H2,1-2H3,(H,21,23). The van der Waals surface area contributed by atoms with E-state index in [1.165, 1.54) is 4.90 Å². The Morgan fingerprint density at radius 3 is 2.52 bits per heavy atom. The molecule has 132 valence electrons. The number of likely N-dealkylation sites (N-methyl/N-ethyl adjacent to an activating group) is 1. The second-order valence-electron chi connectivity index (χ2n) is 5.49. The number of amides is 2. The molecule has 2 aromatic carbocycles. The number of carbonyl (C=O) groups is 2. The average molecular weight is 361 g/mol. The first-order valence-electron chi connectivity index (χ1n) is 7.98. The van der Waals surface area contributed by atoms with Crippen molar-refractivity contribution in [1.29, 1.82) is 0 Å². The minimum absolute atomic E-state index is 0.000132. The molecule has 0 bridgehead atoms. The summed E-state index contributed by atoms with van der Waals surface area (Å²) in [6, 6.07) is 14.2. The van der Waals surface area contributed by atoms with Crippen molar-refractivity contribution >= 4 is 29.1 Å². The van der Waals surface area contributed by atoms with Crippen molar-refractivity contribution < 1.29 is 14.3 Å². The van der Waals surface area contributed by atoms with E-state index >= 15 is 0 Å². The number of benzene rings is 2. The van der Waals surface area contributed by atoms with Crippen molar-refractivity contribution in [2.75, 3.05) is 25.5 Å². The summed E-state index contributed by atoms with van der Waals surface area (Å²) < 4.78 is 5.13. The van der Waals surface area contributed by atoms with Crippen molar-refractivity contribution in [1.82, 2.24) is 4.90 Å². The summed E-state index contributed by atoms with van der Waals surface area (Å²) >= 11 is 5.85. The van der Waals surface area contributed by atoms with E-state index in [9.17, 15) is 9.59 Å². The molecule has 0 aliphatic heterocycles. The third-order valence-electron chi connectivity index (χ3n) is 3.69. The van der Waals surface area contributed by atoms with E-state index in [1.807, 2.05) is 19.1 Å². The molecular formula is C19H21ClN2O3. The molecule has 0 aromatic heterocycles. The van der Waals surface area contributed by atoms with Gasteiger partial charge in [-0.2, -0.15) is 0 Å². The molecule has 0 radical (unpaired) electrons. The van der Waals surface area contributed by atoms with Gasteiger partial charge in [-0.15, -0.1) is 0 Å². The third kappa shape index (κ3) is 5.80. The van der Waals surface area contributed by atoms with Gasteiger partial charge in [0.05, 0.1) is 20.1 Å². The summed E-state index contributed by atoms with van der Waals surface area (Å²) in [4.78, 5) is 26.1. The summed E-state index contributed by atoms with van der Waals surface area (Å²) in [6.07, 6.45) is 0.234. The Bertz CT molecular complexity index is 732. The smallest absolute Gasteiger partial charge is 0.243 e. The van der Waals surface area contributed by atoms with Crippen LogP contribution >= 0.6 is 11.6 Å². The molecule has 0 fully saturated rings. The highest BCUT2D eigenvalue weighted by molar-refractivity contribution is 6.30. The number of carbonyl (C=O) groups excluding carboxylic acids is 2. The highest BCUT2D eigenvalue weighted by Gasteiger charge is 2.16. The van der Waals surface area contributed by atoms with E-state index in [1.54, 1.807) is 43.5 Å². The molecule has 5 nitrogen and oxygen atoms in total. The van der Waals surface area contributed by atoms with Crippen LogP contribution in [0.5, 0.6) is 5.75 Å². The van der Waals surface area contributed by atoms with Crippen LogP contribution < -0.4 is 10.1 Å². The Kier molecular flexibility index (Phi) is 6.83. The molecule has 1 N–H and O–H groups in total. The predicted octanol–water partition coefficient (Wildman–Crippen LogP) is 3.38. The Morgan fingerprint density at radius 1 is 1.16 bits per heavy atom. The highest BCUT2D eigenvalue weighted by atomic mass is 35.5. The van der Waals surface area contributed by atoms with Gasteiger partial charge in [0.15, 0.2) is 0 Å². The molecule has 0 atom stereocenters. The van der Waals surface area contributed by atoms with Crippen molar-refractivity contribution in [3.05, 3.63) is 59.1 Å². The first-order valence-corrected chi connectivity index (χ1v) is 8.35. The quantitative estimate of drug-likeness (QED) is 0.823. The Labute approximate surface area is 152 Å². The fraction of sp³-hybridized carbons (Fsp3) is 0.263. The van der Waals surface area contributed by atoms with Crippen molar-refractivity contribution in [3.63, 3.8) is 0 Å². The second kappa shape index (κ2) is 9.08. The first kappa shape index (κ1) is 18.8. The number of anilines is 1. The molecule has 2 amide bonds. The van der Waals surface area contributed by atoms with Crippen LogP contribution in [0.1, 0.15) is 12.5 Å². The molecule has 0 aliphatic rings. The predicted molar refractivity (Wildman–Crippen MR) is 99.0 cm³/mol. The maximum absolute atomic E-state index is 12.4. The average Bonchev–Trinajstić information content (AvgIpc) is 2.61. The van der Waals surface area contributed by atoms with Gasteiger partial charge in [0, 0.05) is 23.3 Å². The van der Waals surface area contributed by atoms with Gasteiger partial charge in [0.25, 0.3) is 0 Å². The van der Waals surface area contributed by atoms with Crippen LogP contribution in [-0.4, -0.2) is 36.9 Å². The van der Waals surface area contributed by atoms with Gasteiger partial charge in [-0.3, -0.25) is 9.59 Å². The minimum atomic E-state index is -0.250. The van der Waals surface area contributed by atoms with E-state index in [2.05, 4.69) is 5.32 Å². The highest BCUT2D eigenvalue weighted by Crippen LogP contribution is 2.16. The molecule has 6 heteroatoms. The lowest BCUT2D eigenvalue weighted by atomic mass is 10.1. The number of ether oxygens (including phenoxy) is 1. The lowest BCUT2D eigenvalue weighted by molar-refractivity contribution is -0.133. The van der Waals surface area contributed by atoms with Gasteiger partial charge in [0.1, 0.15) is 5.75 Å². The Morgan fingerprint density at radius 2 is 1.88 bits per heavy atom. The summed E-state index contributed by atoms with van der Waals surface area (Å²) in [5, 5.41) is 3.40. The minimum Gasteiger partial charge on any atom is -0.497 e. The van der Waals surface area contributed by atoms with Crippen molar-refractivity contribution in [3.8, 4) is 5.75 Å². The van der Waals surface area contributed by atoms with Crippen LogP contribution in [0.25, 0.3) is 0 Å². The number of rotatable bonds is 7. The zero-order valence-corrected chi connectivity index (χ0v) is 15.0. The maximum Gasteiger partial charge on any atom is 0.243 e. The number of halogens is 1. The SMILES string of the molecule is CCN(CC(=O)Nc1cccc(OC)c1)C(=O)Cc1ccc(Cl)cc1. The van der Waals surface area contributed by atoms with Gasteiger partial charge in [-0.25, -0.2) is 0 Å². The lowest BCUT2D eigenvalue weighted by Gasteiger charge is -2.20. The van der Waals surface area contributed by atoms with Crippen LogP contribution in [0.4, 0.5) is 5.69 Å². The van der Waals surface area contributed by atoms with E-state index in [-0.39, 0.29) is 24.8 Å². The monoisotopic (exact) mass is 360 g/mol. The number of hydrogen-bond acceptors (Lipinski definition) is 3. The molecule has 25 heavy (non-hydrogen) atoms. The number of hydrogen-bond donors (Lipinski definition) is 1. The molecule has 0 unspecified atom stereocenters. The van der Waals surface area contributed by atoms with Gasteiger partial charge in [-0.05, 0) is 36.8 Å². The van der Waals surface area contributed by atoms with Crippen LogP contribution in [0.15, 0.2) is 48.5 Å². The van der Waals surface area contributed by atoms with E-state index in [4.69, 9.17) is 16.3 Å². The third-order valence-corrected chi connectivity index (χ3v) is 3.94. The summed E-state index contributed by atoms with van der Waals surface area (Å²) in [5.41, 5.74) is 1.49. The Hall–Kier alpha value is -2.53. The molecule has 0 spiro atoms. The van der Waals surface area contributed by atoms with Gasteiger partial charge in [0.2, 0.25) is 11.8 Å². The summed E-state index contributed by atoms with van der Waals surface area (Å²) in [6.45, 7) is 2.30. The molecule has 0 saturated carbocycles.